The van der Waals surface area contributed by atoms with Crippen molar-refractivity contribution in [1.29, 1.82) is 0 Å². The molecule has 0 unspecified atom stereocenters. The van der Waals surface area contributed by atoms with Crippen LogP contribution in [0.1, 0.15) is 46.1 Å². The highest BCUT2D eigenvalue weighted by molar-refractivity contribution is 7.09. The molecule has 0 bridgehead atoms. The third-order valence-corrected chi connectivity index (χ3v) is 5.92. The standard InChI is InChI=1S/C19H22N4OS/c1-23-8-6-13(7-9-23)16-11-20-17-3-2-14(10-15(16)17)18(24)4-5-19-22-21-12-25-19/h2-3,10-13,20H,4-9H2,1H3. The zero-order chi connectivity index (χ0) is 17.2. The Morgan fingerprint density at radius 1 is 1.36 bits per heavy atom. The predicted molar refractivity (Wildman–Crippen MR) is 100 cm³/mol. The minimum Gasteiger partial charge on any atom is -0.361 e. The summed E-state index contributed by atoms with van der Waals surface area (Å²) in [7, 11) is 2.18. The second-order valence-corrected chi connectivity index (χ2v) is 7.76. The molecule has 1 saturated heterocycles. The maximum absolute atomic E-state index is 12.6. The molecular formula is C19H22N4OS. The van der Waals surface area contributed by atoms with Crippen molar-refractivity contribution >= 4 is 28.0 Å². The Morgan fingerprint density at radius 2 is 2.20 bits per heavy atom. The third-order valence-electron chi connectivity index (χ3n) is 5.17. The van der Waals surface area contributed by atoms with E-state index >= 15 is 0 Å². The van der Waals surface area contributed by atoms with Crippen LogP contribution in [0, 0.1) is 0 Å². The quantitative estimate of drug-likeness (QED) is 0.711. The first-order chi connectivity index (χ1) is 12.2. The van der Waals surface area contributed by atoms with Gasteiger partial charge in [-0.2, -0.15) is 0 Å². The van der Waals surface area contributed by atoms with Gasteiger partial charge in [-0.15, -0.1) is 21.5 Å². The van der Waals surface area contributed by atoms with Gasteiger partial charge in [0.15, 0.2) is 5.78 Å². The van der Waals surface area contributed by atoms with Crippen LogP contribution >= 0.6 is 11.3 Å². The average Bonchev–Trinajstić information content (AvgIpc) is 3.29. The largest absolute Gasteiger partial charge is 0.361 e. The van der Waals surface area contributed by atoms with Gasteiger partial charge in [-0.1, -0.05) is 0 Å². The summed E-state index contributed by atoms with van der Waals surface area (Å²) in [6, 6.07) is 6.04. The fourth-order valence-corrected chi connectivity index (χ4v) is 4.17. The van der Waals surface area contributed by atoms with Gasteiger partial charge in [-0.25, -0.2) is 0 Å². The topological polar surface area (TPSA) is 61.9 Å². The first-order valence-corrected chi connectivity index (χ1v) is 9.66. The molecular weight excluding hydrogens is 332 g/mol. The number of aromatic nitrogens is 3. The molecule has 0 aliphatic carbocycles. The van der Waals surface area contributed by atoms with Gasteiger partial charge in [-0.05, 0) is 62.7 Å². The van der Waals surface area contributed by atoms with Crippen molar-refractivity contribution in [2.45, 2.75) is 31.6 Å². The van der Waals surface area contributed by atoms with Crippen LogP contribution in [0.15, 0.2) is 29.9 Å². The summed E-state index contributed by atoms with van der Waals surface area (Å²) in [5, 5.41) is 9.96. The predicted octanol–water partition coefficient (Wildman–Crippen LogP) is 3.64. The molecule has 0 spiro atoms. The molecule has 0 radical (unpaired) electrons. The zero-order valence-electron chi connectivity index (χ0n) is 14.4. The first kappa shape index (κ1) is 16.4. The molecule has 5 nitrogen and oxygen atoms in total. The molecule has 3 aromatic rings. The summed E-state index contributed by atoms with van der Waals surface area (Å²) in [4.78, 5) is 18.3. The van der Waals surface area contributed by atoms with Crippen molar-refractivity contribution in [3.63, 3.8) is 0 Å². The fourth-order valence-electron chi connectivity index (χ4n) is 3.64. The molecule has 2 aromatic heterocycles. The number of nitrogens with one attached hydrogen (secondary N) is 1. The Kier molecular flexibility index (Phi) is 4.63. The van der Waals surface area contributed by atoms with Crippen LogP contribution in [0.3, 0.4) is 0 Å². The molecule has 1 N–H and O–H groups in total. The maximum atomic E-state index is 12.6. The van der Waals surface area contributed by atoms with Gasteiger partial charge in [0.2, 0.25) is 0 Å². The maximum Gasteiger partial charge on any atom is 0.163 e. The van der Waals surface area contributed by atoms with E-state index in [-0.39, 0.29) is 5.78 Å². The van der Waals surface area contributed by atoms with Crippen LogP contribution in [0.25, 0.3) is 10.9 Å². The van der Waals surface area contributed by atoms with Crippen LogP contribution in [0.5, 0.6) is 0 Å². The van der Waals surface area contributed by atoms with Gasteiger partial charge in [0, 0.05) is 35.5 Å². The Bertz CT molecular complexity index is 863. The van der Waals surface area contributed by atoms with Crippen LogP contribution in [0.4, 0.5) is 0 Å². The van der Waals surface area contributed by atoms with Gasteiger partial charge in [-0.3, -0.25) is 4.79 Å². The van der Waals surface area contributed by atoms with E-state index in [0.29, 0.717) is 18.8 Å². The number of benzene rings is 1. The molecule has 0 saturated carbocycles. The lowest BCUT2D eigenvalue weighted by Gasteiger charge is -2.28. The van der Waals surface area contributed by atoms with E-state index in [1.54, 1.807) is 5.51 Å². The summed E-state index contributed by atoms with van der Waals surface area (Å²) in [5.74, 6) is 0.754. The van der Waals surface area contributed by atoms with Gasteiger partial charge in [0.1, 0.15) is 10.5 Å². The molecule has 6 heteroatoms. The van der Waals surface area contributed by atoms with E-state index in [1.807, 2.05) is 12.1 Å². The Balaban J connectivity index is 1.54. The lowest BCUT2D eigenvalue weighted by Crippen LogP contribution is -2.29. The monoisotopic (exact) mass is 354 g/mol. The number of carbonyl (C=O) groups is 1. The molecule has 0 amide bonds. The van der Waals surface area contributed by atoms with Crippen LogP contribution in [-0.4, -0.2) is 46.0 Å². The second kappa shape index (κ2) is 7.06. The number of piperidine rings is 1. The molecule has 1 aromatic carbocycles. The van der Waals surface area contributed by atoms with Crippen molar-refractivity contribution in [2.24, 2.45) is 0 Å². The lowest BCUT2D eigenvalue weighted by atomic mass is 9.89. The number of likely N-dealkylation sites (tertiary alicyclic amines) is 1. The second-order valence-electron chi connectivity index (χ2n) is 6.84. The van der Waals surface area contributed by atoms with Crippen molar-refractivity contribution in [3.05, 3.63) is 46.0 Å². The number of hydrogen-bond donors (Lipinski definition) is 1. The third kappa shape index (κ3) is 3.50. The number of H-pyrrole nitrogens is 1. The molecule has 1 fully saturated rings. The van der Waals surface area contributed by atoms with Gasteiger partial charge < -0.3 is 9.88 Å². The highest BCUT2D eigenvalue weighted by atomic mass is 32.1. The highest BCUT2D eigenvalue weighted by Gasteiger charge is 2.21. The Labute approximate surface area is 151 Å². The summed E-state index contributed by atoms with van der Waals surface area (Å²) >= 11 is 1.50. The minimum atomic E-state index is 0.174. The molecule has 3 heterocycles. The number of ketones is 1. The van der Waals surface area contributed by atoms with Gasteiger partial charge in [0.05, 0.1) is 0 Å². The van der Waals surface area contributed by atoms with Crippen molar-refractivity contribution in [1.82, 2.24) is 20.1 Å². The van der Waals surface area contributed by atoms with E-state index in [4.69, 9.17) is 0 Å². The number of nitrogens with zero attached hydrogens (tertiary/aromatic N) is 3. The first-order valence-electron chi connectivity index (χ1n) is 8.78. The zero-order valence-corrected chi connectivity index (χ0v) is 15.2. The summed E-state index contributed by atoms with van der Waals surface area (Å²) < 4.78 is 0. The summed E-state index contributed by atoms with van der Waals surface area (Å²) in [6.07, 6.45) is 5.64. The van der Waals surface area contributed by atoms with E-state index in [1.165, 1.54) is 35.1 Å². The molecule has 1 aliphatic heterocycles. The summed E-state index contributed by atoms with van der Waals surface area (Å²) in [5.41, 5.74) is 4.99. The Hall–Kier alpha value is -2.05. The van der Waals surface area contributed by atoms with E-state index in [9.17, 15) is 4.79 Å². The number of carbonyl (C=O) groups excluding carboxylic acids is 1. The van der Waals surface area contributed by atoms with Crippen LogP contribution in [0.2, 0.25) is 0 Å². The number of aromatic amines is 1. The number of hydrogen-bond acceptors (Lipinski definition) is 5. The lowest BCUT2D eigenvalue weighted by molar-refractivity contribution is 0.0983. The fraction of sp³-hybridized carbons (Fsp3) is 0.421. The van der Waals surface area contributed by atoms with Crippen LogP contribution in [-0.2, 0) is 6.42 Å². The van der Waals surface area contributed by atoms with Crippen molar-refractivity contribution < 1.29 is 4.79 Å². The number of fused-ring (bicyclic) bond motifs is 1. The SMILES string of the molecule is CN1CCC(c2c[nH]c3ccc(C(=O)CCc4nncs4)cc23)CC1. The van der Waals surface area contributed by atoms with Gasteiger partial charge >= 0.3 is 0 Å². The highest BCUT2D eigenvalue weighted by Crippen LogP contribution is 2.33. The van der Waals surface area contributed by atoms with Crippen molar-refractivity contribution in [2.75, 3.05) is 20.1 Å². The summed E-state index contributed by atoms with van der Waals surface area (Å²) in [6.45, 7) is 2.27. The van der Waals surface area contributed by atoms with Crippen molar-refractivity contribution in [3.8, 4) is 0 Å². The van der Waals surface area contributed by atoms with E-state index < -0.39 is 0 Å². The minimum absolute atomic E-state index is 0.174. The number of aryl methyl sites for hydroxylation is 1. The number of rotatable bonds is 5. The average molecular weight is 354 g/mol. The smallest absolute Gasteiger partial charge is 0.163 e. The Morgan fingerprint density at radius 3 is 2.96 bits per heavy atom. The molecule has 130 valence electrons. The molecule has 1 aliphatic rings. The van der Waals surface area contributed by atoms with E-state index in [0.717, 1.165) is 29.2 Å². The van der Waals surface area contributed by atoms with Crippen LogP contribution < -0.4 is 0 Å². The number of Topliss-reactive ketones (excluding diaryl/α,β-unsaturated/α-hetero) is 1. The molecule has 4 rings (SSSR count). The normalized spacial score (nSPS) is 16.5. The van der Waals surface area contributed by atoms with Gasteiger partial charge in [0.25, 0.3) is 0 Å². The molecule has 25 heavy (non-hydrogen) atoms. The molecule has 0 atom stereocenters. The van der Waals surface area contributed by atoms with E-state index in [2.05, 4.69) is 39.4 Å².